The molecule has 0 fully saturated rings. The van der Waals surface area contributed by atoms with Crippen LogP contribution in [0.15, 0.2) is 30.3 Å². The van der Waals surface area contributed by atoms with E-state index in [1.165, 1.54) is 0 Å². The van der Waals surface area contributed by atoms with Crippen molar-refractivity contribution in [1.82, 2.24) is 0 Å². The molecule has 12 heavy (non-hydrogen) atoms. The molecule has 1 aromatic carbocycles. The van der Waals surface area contributed by atoms with Crippen LogP contribution in [0.2, 0.25) is 0 Å². The first kappa shape index (κ1) is 9.14. The molecular formula is C10H11ClO. The predicted octanol–water partition coefficient (Wildman–Crippen LogP) is 3.03. The van der Waals surface area contributed by atoms with Gasteiger partial charge in [-0.15, -0.1) is 11.6 Å². The first-order valence-electron chi connectivity index (χ1n) is 3.84. The molecule has 0 unspecified atom stereocenters. The third-order valence-corrected chi connectivity index (χ3v) is 1.70. The summed E-state index contributed by atoms with van der Waals surface area (Å²) < 4.78 is 0. The average Bonchev–Trinajstić information content (AvgIpc) is 2.09. The Bertz CT molecular complexity index is 251. The molecule has 0 aliphatic heterocycles. The quantitative estimate of drug-likeness (QED) is 0.713. The van der Waals surface area contributed by atoms with Crippen LogP contribution in [-0.4, -0.2) is 11.0 Å². The number of hydrogen-bond acceptors (Lipinski definition) is 1. The van der Waals surface area contributed by atoms with E-state index in [0.29, 0.717) is 11.6 Å². The Kier molecular flexibility index (Phi) is 3.68. The lowest BCUT2D eigenvalue weighted by Crippen LogP contribution is -1.71. The molecule has 64 valence electrons. The van der Waals surface area contributed by atoms with Crippen molar-refractivity contribution < 1.29 is 5.11 Å². The molecule has 1 rings (SSSR count). The largest absolute Gasteiger partial charge is 0.508 e. The van der Waals surface area contributed by atoms with Gasteiger partial charge in [-0.05, 0) is 24.1 Å². The monoisotopic (exact) mass is 182 g/mol. The summed E-state index contributed by atoms with van der Waals surface area (Å²) in [6.07, 6.45) is 4.88. The minimum Gasteiger partial charge on any atom is -0.508 e. The van der Waals surface area contributed by atoms with Crippen molar-refractivity contribution in [2.45, 2.75) is 6.42 Å². The molecule has 0 saturated carbocycles. The smallest absolute Gasteiger partial charge is 0.115 e. The van der Waals surface area contributed by atoms with E-state index in [9.17, 15) is 0 Å². The summed E-state index contributed by atoms with van der Waals surface area (Å²) in [4.78, 5) is 0. The van der Waals surface area contributed by atoms with Crippen LogP contribution in [0, 0.1) is 0 Å². The Morgan fingerprint density at radius 3 is 2.50 bits per heavy atom. The summed E-state index contributed by atoms with van der Waals surface area (Å²) in [6.45, 7) is 0. The van der Waals surface area contributed by atoms with Gasteiger partial charge in [0.15, 0.2) is 0 Å². The highest BCUT2D eigenvalue weighted by Crippen LogP contribution is 2.10. The number of halogens is 1. The van der Waals surface area contributed by atoms with Crippen LogP contribution >= 0.6 is 11.6 Å². The van der Waals surface area contributed by atoms with Gasteiger partial charge >= 0.3 is 0 Å². The van der Waals surface area contributed by atoms with Crippen molar-refractivity contribution in [3.63, 3.8) is 0 Å². The minimum absolute atomic E-state index is 0.296. The SMILES string of the molecule is Oc1ccc(C=CCCCl)cc1. The maximum Gasteiger partial charge on any atom is 0.115 e. The van der Waals surface area contributed by atoms with Gasteiger partial charge in [0.1, 0.15) is 5.75 Å². The predicted molar refractivity (Wildman–Crippen MR) is 52.5 cm³/mol. The summed E-state index contributed by atoms with van der Waals surface area (Å²) in [5.74, 6) is 0.943. The number of alkyl halides is 1. The summed E-state index contributed by atoms with van der Waals surface area (Å²) in [7, 11) is 0. The number of benzene rings is 1. The van der Waals surface area contributed by atoms with Crippen molar-refractivity contribution >= 4 is 17.7 Å². The fourth-order valence-electron chi connectivity index (χ4n) is 0.868. The molecule has 0 amide bonds. The molecule has 0 saturated heterocycles. The molecule has 1 nitrogen and oxygen atoms in total. The van der Waals surface area contributed by atoms with Crippen molar-refractivity contribution in [2.75, 3.05) is 5.88 Å². The van der Waals surface area contributed by atoms with Crippen LogP contribution in [0.25, 0.3) is 6.08 Å². The van der Waals surface area contributed by atoms with Gasteiger partial charge in [0.2, 0.25) is 0 Å². The minimum atomic E-state index is 0.296. The Morgan fingerprint density at radius 1 is 1.25 bits per heavy atom. The van der Waals surface area contributed by atoms with E-state index in [2.05, 4.69) is 0 Å². The number of hydrogen-bond donors (Lipinski definition) is 1. The number of phenols is 1. The summed E-state index contributed by atoms with van der Waals surface area (Å²) in [6, 6.07) is 7.06. The maximum absolute atomic E-state index is 8.98. The van der Waals surface area contributed by atoms with Gasteiger partial charge in [0.25, 0.3) is 0 Å². The van der Waals surface area contributed by atoms with E-state index in [1.807, 2.05) is 24.3 Å². The third-order valence-electron chi connectivity index (χ3n) is 1.48. The molecule has 0 atom stereocenters. The van der Waals surface area contributed by atoms with E-state index in [4.69, 9.17) is 16.7 Å². The van der Waals surface area contributed by atoms with Crippen LogP contribution in [-0.2, 0) is 0 Å². The molecule has 0 bridgehead atoms. The van der Waals surface area contributed by atoms with Gasteiger partial charge in [-0.1, -0.05) is 24.3 Å². The summed E-state index contributed by atoms with van der Waals surface area (Å²) in [5, 5.41) is 8.98. The van der Waals surface area contributed by atoms with Crippen LogP contribution < -0.4 is 0 Å². The molecule has 0 aliphatic carbocycles. The Balaban J connectivity index is 2.58. The molecule has 0 aromatic heterocycles. The first-order valence-corrected chi connectivity index (χ1v) is 4.38. The van der Waals surface area contributed by atoms with Crippen molar-refractivity contribution in [2.24, 2.45) is 0 Å². The van der Waals surface area contributed by atoms with Crippen LogP contribution in [0.4, 0.5) is 0 Å². The van der Waals surface area contributed by atoms with Crippen LogP contribution in [0.5, 0.6) is 5.75 Å². The number of aromatic hydroxyl groups is 1. The first-order chi connectivity index (χ1) is 5.83. The second-order valence-electron chi connectivity index (χ2n) is 2.47. The lowest BCUT2D eigenvalue weighted by atomic mass is 10.2. The number of phenolic OH excluding ortho intramolecular Hbond substituents is 1. The fraction of sp³-hybridized carbons (Fsp3) is 0.200. The molecule has 0 spiro atoms. The standard InChI is InChI=1S/C10H11ClO/c11-8-2-1-3-9-4-6-10(12)7-5-9/h1,3-7,12H,2,8H2. The highest BCUT2D eigenvalue weighted by Gasteiger charge is 1.86. The van der Waals surface area contributed by atoms with E-state index in [0.717, 1.165) is 12.0 Å². The molecule has 1 N–H and O–H groups in total. The van der Waals surface area contributed by atoms with Gasteiger partial charge in [-0.2, -0.15) is 0 Å². The lowest BCUT2D eigenvalue weighted by molar-refractivity contribution is 0.475. The number of allylic oxidation sites excluding steroid dienone is 1. The molecule has 0 heterocycles. The van der Waals surface area contributed by atoms with Gasteiger partial charge in [-0.3, -0.25) is 0 Å². The van der Waals surface area contributed by atoms with Gasteiger partial charge in [0.05, 0.1) is 0 Å². The molecular weight excluding hydrogens is 172 g/mol. The number of rotatable bonds is 3. The van der Waals surface area contributed by atoms with Crippen molar-refractivity contribution in [3.8, 4) is 5.75 Å². The maximum atomic E-state index is 8.98. The molecule has 0 aliphatic rings. The van der Waals surface area contributed by atoms with Gasteiger partial charge in [-0.25, -0.2) is 0 Å². The van der Waals surface area contributed by atoms with E-state index in [1.54, 1.807) is 12.1 Å². The van der Waals surface area contributed by atoms with E-state index >= 15 is 0 Å². The zero-order valence-electron chi connectivity index (χ0n) is 6.70. The average molecular weight is 183 g/mol. The molecule has 1 aromatic rings. The second-order valence-corrected chi connectivity index (χ2v) is 2.85. The second kappa shape index (κ2) is 4.83. The fourth-order valence-corrected chi connectivity index (χ4v) is 0.994. The normalized spacial score (nSPS) is 10.8. The molecule has 2 heteroatoms. The van der Waals surface area contributed by atoms with Gasteiger partial charge in [0, 0.05) is 5.88 Å². The van der Waals surface area contributed by atoms with Crippen molar-refractivity contribution in [1.29, 1.82) is 0 Å². The topological polar surface area (TPSA) is 20.2 Å². The van der Waals surface area contributed by atoms with E-state index in [-0.39, 0.29) is 0 Å². The van der Waals surface area contributed by atoms with Crippen LogP contribution in [0.3, 0.4) is 0 Å². The van der Waals surface area contributed by atoms with E-state index < -0.39 is 0 Å². The van der Waals surface area contributed by atoms with Gasteiger partial charge < -0.3 is 5.11 Å². The highest BCUT2D eigenvalue weighted by molar-refractivity contribution is 6.17. The van der Waals surface area contributed by atoms with Crippen LogP contribution in [0.1, 0.15) is 12.0 Å². The summed E-state index contributed by atoms with van der Waals surface area (Å²) >= 11 is 5.50. The zero-order valence-corrected chi connectivity index (χ0v) is 7.46. The zero-order chi connectivity index (χ0) is 8.81. The summed E-state index contributed by atoms with van der Waals surface area (Å²) in [5.41, 5.74) is 1.08. The van der Waals surface area contributed by atoms with Crippen molar-refractivity contribution in [3.05, 3.63) is 35.9 Å². The Hall–Kier alpha value is -0.950. The third kappa shape index (κ3) is 2.97. The molecule has 0 radical (unpaired) electrons. The lowest BCUT2D eigenvalue weighted by Gasteiger charge is -1.92. The highest BCUT2D eigenvalue weighted by atomic mass is 35.5. The Morgan fingerprint density at radius 2 is 1.92 bits per heavy atom. The Labute approximate surface area is 77.3 Å².